The largest absolute Gasteiger partial charge is 0.390 e. The summed E-state index contributed by atoms with van der Waals surface area (Å²) in [4.78, 5) is 0. The highest BCUT2D eigenvalue weighted by Gasteiger charge is 2.15. The van der Waals surface area contributed by atoms with Gasteiger partial charge in [-0.1, -0.05) is 25.5 Å². The minimum absolute atomic E-state index is 0.526. The fraction of sp³-hybridized carbons (Fsp3) is 0.500. The van der Waals surface area contributed by atoms with Gasteiger partial charge in [0.2, 0.25) is 0 Å². The van der Waals surface area contributed by atoms with E-state index in [0.29, 0.717) is 12.8 Å². The fourth-order valence-corrected chi connectivity index (χ4v) is 1.85. The zero-order chi connectivity index (χ0) is 11.3. The molecular weight excluding hydrogens is 303 g/mol. The van der Waals surface area contributed by atoms with Gasteiger partial charge in [-0.2, -0.15) is 0 Å². The second-order valence-electron chi connectivity index (χ2n) is 3.75. The third-order valence-corrected chi connectivity index (χ3v) is 3.11. The van der Waals surface area contributed by atoms with Crippen molar-refractivity contribution in [1.82, 2.24) is 0 Å². The molecule has 0 aromatic heterocycles. The molecule has 0 spiro atoms. The zero-order valence-corrected chi connectivity index (χ0v) is 11.0. The third-order valence-electron chi connectivity index (χ3n) is 2.39. The Kier molecular flexibility index (Phi) is 5.56. The molecule has 0 radical (unpaired) electrons. The highest BCUT2D eigenvalue weighted by atomic mass is 127. The Labute approximate surface area is 104 Å². The van der Waals surface area contributed by atoms with E-state index >= 15 is 0 Å². The topological polar surface area (TPSA) is 40.5 Å². The van der Waals surface area contributed by atoms with Crippen LogP contribution in [0.25, 0.3) is 0 Å². The van der Waals surface area contributed by atoms with Crippen molar-refractivity contribution >= 4 is 22.6 Å². The summed E-state index contributed by atoms with van der Waals surface area (Å²) in [5, 5.41) is 19.3. The molecule has 0 aliphatic rings. The summed E-state index contributed by atoms with van der Waals surface area (Å²) >= 11 is 2.25. The van der Waals surface area contributed by atoms with Crippen molar-refractivity contribution in [3.05, 3.63) is 33.4 Å². The summed E-state index contributed by atoms with van der Waals surface area (Å²) in [6, 6.07) is 8.00. The lowest BCUT2D eigenvalue weighted by molar-refractivity contribution is 0.0148. The van der Waals surface area contributed by atoms with Gasteiger partial charge in [-0.3, -0.25) is 0 Å². The van der Waals surface area contributed by atoms with E-state index in [1.807, 2.05) is 31.2 Å². The first kappa shape index (κ1) is 12.9. The molecule has 0 fully saturated rings. The number of halogens is 1. The predicted molar refractivity (Wildman–Crippen MR) is 69.8 cm³/mol. The smallest absolute Gasteiger partial charge is 0.0839 e. The standard InChI is InChI=1S/C12H17IO2/c1-2-3-11(14)12(15)8-9-4-6-10(13)7-5-9/h4-7,11-12,14-15H,2-3,8H2,1H3. The molecule has 0 saturated heterocycles. The molecule has 0 bridgehead atoms. The summed E-state index contributed by atoms with van der Waals surface area (Å²) in [7, 11) is 0. The van der Waals surface area contributed by atoms with Gasteiger partial charge in [-0.05, 0) is 46.7 Å². The predicted octanol–water partition coefficient (Wildman–Crippen LogP) is 2.36. The maximum Gasteiger partial charge on any atom is 0.0839 e. The Bertz CT molecular complexity index is 284. The van der Waals surface area contributed by atoms with E-state index in [0.717, 1.165) is 12.0 Å². The lowest BCUT2D eigenvalue weighted by Crippen LogP contribution is -2.27. The van der Waals surface area contributed by atoms with Gasteiger partial charge in [0, 0.05) is 9.99 Å². The molecule has 2 N–H and O–H groups in total. The van der Waals surface area contributed by atoms with Crippen molar-refractivity contribution in [2.75, 3.05) is 0 Å². The van der Waals surface area contributed by atoms with Crippen LogP contribution < -0.4 is 0 Å². The van der Waals surface area contributed by atoms with E-state index in [4.69, 9.17) is 0 Å². The molecule has 0 aliphatic carbocycles. The molecule has 0 aliphatic heterocycles. The lowest BCUT2D eigenvalue weighted by Gasteiger charge is -2.17. The number of aliphatic hydroxyl groups is 2. The van der Waals surface area contributed by atoms with Crippen LogP contribution in [0.2, 0.25) is 0 Å². The second-order valence-corrected chi connectivity index (χ2v) is 5.00. The first-order valence-corrected chi connectivity index (χ1v) is 6.32. The average molecular weight is 320 g/mol. The van der Waals surface area contributed by atoms with Crippen LogP contribution in [-0.2, 0) is 6.42 Å². The van der Waals surface area contributed by atoms with Crippen LogP contribution in [0, 0.1) is 3.57 Å². The molecular formula is C12H17IO2. The van der Waals surface area contributed by atoms with E-state index in [9.17, 15) is 10.2 Å². The molecule has 1 rings (SSSR count). The molecule has 1 aromatic carbocycles. The maximum atomic E-state index is 9.72. The minimum Gasteiger partial charge on any atom is -0.390 e. The van der Waals surface area contributed by atoms with Crippen molar-refractivity contribution in [3.63, 3.8) is 0 Å². The molecule has 15 heavy (non-hydrogen) atoms. The Morgan fingerprint density at radius 1 is 1.13 bits per heavy atom. The number of rotatable bonds is 5. The molecule has 2 nitrogen and oxygen atoms in total. The third kappa shape index (κ3) is 4.49. The van der Waals surface area contributed by atoms with Gasteiger partial charge in [0.25, 0.3) is 0 Å². The zero-order valence-electron chi connectivity index (χ0n) is 8.86. The molecule has 84 valence electrons. The van der Waals surface area contributed by atoms with Gasteiger partial charge < -0.3 is 10.2 Å². The van der Waals surface area contributed by atoms with Gasteiger partial charge >= 0.3 is 0 Å². The van der Waals surface area contributed by atoms with E-state index < -0.39 is 12.2 Å². The molecule has 1 aromatic rings. The summed E-state index contributed by atoms with van der Waals surface area (Å²) < 4.78 is 1.18. The summed E-state index contributed by atoms with van der Waals surface area (Å²) in [5.74, 6) is 0. The van der Waals surface area contributed by atoms with Crippen LogP contribution in [0.5, 0.6) is 0 Å². The van der Waals surface area contributed by atoms with Crippen molar-refractivity contribution < 1.29 is 10.2 Å². The first-order chi connectivity index (χ1) is 7.13. The minimum atomic E-state index is -0.648. The Morgan fingerprint density at radius 3 is 2.27 bits per heavy atom. The number of hydrogen-bond acceptors (Lipinski definition) is 2. The average Bonchev–Trinajstić information content (AvgIpc) is 2.22. The molecule has 0 amide bonds. The molecule has 0 saturated carbocycles. The highest BCUT2D eigenvalue weighted by Crippen LogP contribution is 2.12. The van der Waals surface area contributed by atoms with E-state index in [2.05, 4.69) is 22.6 Å². The lowest BCUT2D eigenvalue weighted by atomic mass is 10.0. The van der Waals surface area contributed by atoms with Gasteiger partial charge in [0.15, 0.2) is 0 Å². The van der Waals surface area contributed by atoms with Crippen LogP contribution in [-0.4, -0.2) is 22.4 Å². The Morgan fingerprint density at radius 2 is 1.73 bits per heavy atom. The van der Waals surface area contributed by atoms with Crippen LogP contribution in [0.3, 0.4) is 0 Å². The van der Waals surface area contributed by atoms with Crippen LogP contribution in [0.1, 0.15) is 25.3 Å². The van der Waals surface area contributed by atoms with Gasteiger partial charge in [-0.25, -0.2) is 0 Å². The van der Waals surface area contributed by atoms with Crippen molar-refractivity contribution in [3.8, 4) is 0 Å². The molecule has 2 atom stereocenters. The van der Waals surface area contributed by atoms with Crippen LogP contribution >= 0.6 is 22.6 Å². The molecule has 2 unspecified atom stereocenters. The van der Waals surface area contributed by atoms with Crippen molar-refractivity contribution in [2.24, 2.45) is 0 Å². The second kappa shape index (κ2) is 6.45. The van der Waals surface area contributed by atoms with Crippen LogP contribution in [0.4, 0.5) is 0 Å². The summed E-state index contributed by atoms with van der Waals surface area (Å²) in [6.07, 6.45) is 0.827. The quantitative estimate of drug-likeness (QED) is 0.818. The molecule has 0 heterocycles. The number of aliphatic hydroxyl groups excluding tert-OH is 2. The molecule has 3 heteroatoms. The highest BCUT2D eigenvalue weighted by molar-refractivity contribution is 14.1. The van der Waals surface area contributed by atoms with Crippen molar-refractivity contribution in [1.29, 1.82) is 0 Å². The van der Waals surface area contributed by atoms with Gasteiger partial charge in [-0.15, -0.1) is 0 Å². The monoisotopic (exact) mass is 320 g/mol. The van der Waals surface area contributed by atoms with E-state index in [-0.39, 0.29) is 0 Å². The van der Waals surface area contributed by atoms with E-state index in [1.54, 1.807) is 0 Å². The normalized spacial score (nSPS) is 14.9. The van der Waals surface area contributed by atoms with Crippen molar-refractivity contribution in [2.45, 2.75) is 38.4 Å². The number of hydrogen-bond donors (Lipinski definition) is 2. The Hall–Kier alpha value is -0.130. The van der Waals surface area contributed by atoms with E-state index in [1.165, 1.54) is 3.57 Å². The van der Waals surface area contributed by atoms with Gasteiger partial charge in [0.1, 0.15) is 0 Å². The number of benzene rings is 1. The fourth-order valence-electron chi connectivity index (χ4n) is 1.49. The van der Waals surface area contributed by atoms with Crippen LogP contribution in [0.15, 0.2) is 24.3 Å². The Balaban J connectivity index is 2.50. The summed E-state index contributed by atoms with van der Waals surface area (Å²) in [5.41, 5.74) is 1.07. The SMILES string of the molecule is CCCC(O)C(O)Cc1ccc(I)cc1. The first-order valence-electron chi connectivity index (χ1n) is 5.24. The van der Waals surface area contributed by atoms with Gasteiger partial charge in [0.05, 0.1) is 12.2 Å². The summed E-state index contributed by atoms with van der Waals surface area (Å²) in [6.45, 7) is 2.00. The maximum absolute atomic E-state index is 9.72.